The number of benzene rings is 1. The van der Waals surface area contributed by atoms with E-state index in [1.54, 1.807) is 0 Å². The molecule has 0 N–H and O–H groups in total. The van der Waals surface area contributed by atoms with E-state index < -0.39 is 5.97 Å². The van der Waals surface area contributed by atoms with Gasteiger partial charge in [-0.3, -0.25) is 14.5 Å². The van der Waals surface area contributed by atoms with Crippen LogP contribution in [0, 0.1) is 32.6 Å². The molecule has 1 aromatic rings. The van der Waals surface area contributed by atoms with Crippen LogP contribution in [0.1, 0.15) is 42.4 Å². The van der Waals surface area contributed by atoms with Gasteiger partial charge in [-0.15, -0.1) is 0 Å². The lowest BCUT2D eigenvalue weighted by Crippen LogP contribution is -2.37. The van der Waals surface area contributed by atoms with Crippen molar-refractivity contribution in [1.82, 2.24) is 4.90 Å². The second kappa shape index (κ2) is 6.38. The standard InChI is InChI=1S/C19H23NO4/c1-11-8-12(2)17(13(3)9-11)24-16(21)10-20-18(22)14-6-4-5-7-15(14)19(20)23/h8-9,14-15H,4-7,10H2,1-3H3. The third-order valence-electron chi connectivity index (χ3n) is 5.04. The maximum atomic E-state index is 12.4. The van der Waals surface area contributed by atoms with Crippen molar-refractivity contribution in [2.75, 3.05) is 6.54 Å². The molecule has 0 radical (unpaired) electrons. The molecule has 0 spiro atoms. The minimum absolute atomic E-state index is 0.209. The Morgan fingerprint density at radius 1 is 1.04 bits per heavy atom. The summed E-state index contributed by atoms with van der Waals surface area (Å²) in [6, 6.07) is 3.88. The monoisotopic (exact) mass is 329 g/mol. The summed E-state index contributed by atoms with van der Waals surface area (Å²) in [5.41, 5.74) is 2.83. The molecule has 5 nitrogen and oxygen atoms in total. The zero-order valence-electron chi connectivity index (χ0n) is 14.4. The Kier molecular flexibility index (Phi) is 4.43. The van der Waals surface area contributed by atoms with E-state index in [1.165, 1.54) is 0 Å². The smallest absolute Gasteiger partial charge is 0.331 e. The van der Waals surface area contributed by atoms with Gasteiger partial charge in [0.2, 0.25) is 11.8 Å². The van der Waals surface area contributed by atoms with Crippen molar-refractivity contribution in [3.05, 3.63) is 28.8 Å². The fourth-order valence-corrected chi connectivity index (χ4v) is 3.99. The van der Waals surface area contributed by atoms with Gasteiger partial charge in [0.25, 0.3) is 0 Å². The van der Waals surface area contributed by atoms with Crippen molar-refractivity contribution in [3.8, 4) is 5.75 Å². The van der Waals surface area contributed by atoms with Crippen molar-refractivity contribution < 1.29 is 19.1 Å². The first-order valence-corrected chi connectivity index (χ1v) is 8.52. The Balaban J connectivity index is 1.71. The first-order valence-electron chi connectivity index (χ1n) is 8.52. The SMILES string of the molecule is Cc1cc(C)c(OC(=O)CN2C(=O)C3CCCCC3C2=O)c(C)c1. The lowest BCUT2D eigenvalue weighted by molar-refractivity contribution is -0.148. The number of nitrogens with zero attached hydrogens (tertiary/aromatic N) is 1. The van der Waals surface area contributed by atoms with Crippen LogP contribution in [0.4, 0.5) is 0 Å². The fraction of sp³-hybridized carbons (Fsp3) is 0.526. The van der Waals surface area contributed by atoms with Crippen LogP contribution in [-0.4, -0.2) is 29.2 Å². The molecule has 128 valence electrons. The zero-order chi connectivity index (χ0) is 17.4. The molecule has 2 fully saturated rings. The van der Waals surface area contributed by atoms with Gasteiger partial charge < -0.3 is 4.74 Å². The Morgan fingerprint density at radius 3 is 2.04 bits per heavy atom. The zero-order valence-corrected chi connectivity index (χ0v) is 14.4. The number of likely N-dealkylation sites (tertiary alicyclic amines) is 1. The Morgan fingerprint density at radius 2 is 1.54 bits per heavy atom. The molecule has 1 aromatic carbocycles. The summed E-state index contributed by atoms with van der Waals surface area (Å²) in [7, 11) is 0. The van der Waals surface area contributed by atoms with Crippen LogP contribution in [0.25, 0.3) is 0 Å². The highest BCUT2D eigenvalue weighted by molar-refractivity contribution is 6.07. The molecule has 0 aromatic heterocycles. The predicted molar refractivity (Wildman–Crippen MR) is 88.5 cm³/mol. The molecule has 24 heavy (non-hydrogen) atoms. The minimum Gasteiger partial charge on any atom is -0.425 e. The summed E-state index contributed by atoms with van der Waals surface area (Å²) >= 11 is 0. The summed E-state index contributed by atoms with van der Waals surface area (Å²) < 4.78 is 5.46. The maximum absolute atomic E-state index is 12.4. The lowest BCUT2D eigenvalue weighted by Gasteiger charge is -2.19. The molecule has 1 saturated carbocycles. The average Bonchev–Trinajstić information content (AvgIpc) is 2.76. The van der Waals surface area contributed by atoms with Crippen molar-refractivity contribution in [1.29, 1.82) is 0 Å². The summed E-state index contributed by atoms with van der Waals surface area (Å²) in [6.07, 6.45) is 3.44. The summed E-state index contributed by atoms with van der Waals surface area (Å²) in [5, 5.41) is 0. The van der Waals surface area contributed by atoms with Crippen LogP contribution in [0.15, 0.2) is 12.1 Å². The highest BCUT2D eigenvalue weighted by Gasteiger charge is 2.48. The minimum atomic E-state index is -0.564. The van der Waals surface area contributed by atoms with Crippen LogP contribution in [0.5, 0.6) is 5.75 Å². The summed E-state index contributed by atoms with van der Waals surface area (Å²) in [6.45, 7) is 5.44. The summed E-state index contributed by atoms with van der Waals surface area (Å²) in [5.74, 6) is -0.936. The number of imide groups is 1. The molecule has 1 heterocycles. The van der Waals surface area contributed by atoms with E-state index in [2.05, 4.69) is 0 Å². The van der Waals surface area contributed by atoms with Gasteiger partial charge in [0.15, 0.2) is 0 Å². The van der Waals surface area contributed by atoms with Gasteiger partial charge in [-0.25, -0.2) is 4.79 Å². The Hall–Kier alpha value is -2.17. The van der Waals surface area contributed by atoms with Crippen molar-refractivity contribution in [2.45, 2.75) is 46.5 Å². The second-order valence-corrected chi connectivity index (χ2v) is 6.96. The molecule has 2 aliphatic rings. The van der Waals surface area contributed by atoms with Gasteiger partial charge in [0, 0.05) is 0 Å². The number of rotatable bonds is 3. The number of carbonyl (C=O) groups excluding carboxylic acids is 3. The molecule has 1 aliphatic heterocycles. The lowest BCUT2D eigenvalue weighted by atomic mass is 9.81. The molecule has 3 rings (SSSR count). The Bertz CT molecular complexity index is 662. The van der Waals surface area contributed by atoms with Crippen molar-refractivity contribution in [3.63, 3.8) is 0 Å². The molecular formula is C19H23NO4. The van der Waals surface area contributed by atoms with E-state index in [1.807, 2.05) is 32.9 Å². The quantitative estimate of drug-likeness (QED) is 0.486. The van der Waals surface area contributed by atoms with Crippen LogP contribution in [-0.2, 0) is 14.4 Å². The van der Waals surface area contributed by atoms with E-state index in [9.17, 15) is 14.4 Å². The number of carbonyl (C=O) groups is 3. The first kappa shape index (κ1) is 16.7. The number of ether oxygens (including phenoxy) is 1. The van der Waals surface area contributed by atoms with E-state index in [-0.39, 0.29) is 30.2 Å². The van der Waals surface area contributed by atoms with Crippen LogP contribution < -0.4 is 4.74 Å². The highest BCUT2D eigenvalue weighted by Crippen LogP contribution is 2.38. The summed E-state index contributed by atoms with van der Waals surface area (Å²) in [4.78, 5) is 38.2. The molecule has 2 unspecified atom stereocenters. The number of amides is 2. The topological polar surface area (TPSA) is 63.7 Å². The van der Waals surface area contributed by atoms with E-state index >= 15 is 0 Å². The number of fused-ring (bicyclic) bond motifs is 1. The average molecular weight is 329 g/mol. The second-order valence-electron chi connectivity index (χ2n) is 6.96. The van der Waals surface area contributed by atoms with Crippen LogP contribution >= 0.6 is 0 Å². The van der Waals surface area contributed by atoms with Crippen molar-refractivity contribution in [2.24, 2.45) is 11.8 Å². The molecule has 2 atom stereocenters. The van der Waals surface area contributed by atoms with Crippen LogP contribution in [0.2, 0.25) is 0 Å². The van der Waals surface area contributed by atoms with Gasteiger partial charge >= 0.3 is 5.97 Å². The molecule has 0 bridgehead atoms. The first-order chi connectivity index (χ1) is 11.4. The van der Waals surface area contributed by atoms with Gasteiger partial charge in [0.1, 0.15) is 12.3 Å². The van der Waals surface area contributed by atoms with E-state index in [0.717, 1.165) is 47.3 Å². The van der Waals surface area contributed by atoms with Crippen LogP contribution in [0.3, 0.4) is 0 Å². The molecule has 1 saturated heterocycles. The normalized spacial score (nSPS) is 23.4. The Labute approximate surface area is 142 Å². The molecule has 2 amide bonds. The number of hydrogen-bond acceptors (Lipinski definition) is 4. The van der Waals surface area contributed by atoms with Gasteiger partial charge in [0.05, 0.1) is 11.8 Å². The molecular weight excluding hydrogens is 306 g/mol. The van der Waals surface area contributed by atoms with E-state index in [4.69, 9.17) is 4.74 Å². The largest absolute Gasteiger partial charge is 0.425 e. The predicted octanol–water partition coefficient (Wildman–Crippen LogP) is 2.69. The highest BCUT2D eigenvalue weighted by atomic mass is 16.5. The number of esters is 1. The maximum Gasteiger partial charge on any atom is 0.331 e. The van der Waals surface area contributed by atoms with Gasteiger partial charge in [-0.1, -0.05) is 30.5 Å². The number of hydrogen-bond donors (Lipinski definition) is 0. The number of aryl methyl sites for hydroxylation is 3. The van der Waals surface area contributed by atoms with Gasteiger partial charge in [-0.2, -0.15) is 0 Å². The fourth-order valence-electron chi connectivity index (χ4n) is 3.99. The van der Waals surface area contributed by atoms with E-state index in [0.29, 0.717) is 5.75 Å². The molecule has 5 heteroatoms. The van der Waals surface area contributed by atoms with Crippen molar-refractivity contribution >= 4 is 17.8 Å². The third-order valence-corrected chi connectivity index (χ3v) is 5.04. The third kappa shape index (κ3) is 2.95. The molecule has 1 aliphatic carbocycles. The van der Waals surface area contributed by atoms with Gasteiger partial charge in [-0.05, 0) is 44.7 Å².